The lowest BCUT2D eigenvalue weighted by atomic mass is 9.88. The Hall–Kier alpha value is -2.42. The first-order valence-electron chi connectivity index (χ1n) is 6.05. The second kappa shape index (κ2) is 5.48. The Morgan fingerprint density at radius 1 is 0.947 bits per heavy atom. The van der Waals surface area contributed by atoms with E-state index in [1.165, 1.54) is 0 Å². The number of primary amides is 1. The maximum Gasteiger partial charge on any atom is 0.232 e. The number of carbonyl (C=O) groups is 2. The Labute approximate surface area is 112 Å². The highest BCUT2D eigenvalue weighted by Crippen LogP contribution is 2.22. The molecule has 2 aromatic rings. The largest absolute Gasteiger partial charge is 0.369 e. The molecule has 0 radical (unpaired) electrons. The number of hydrogen-bond acceptors (Lipinski definition) is 2. The summed E-state index contributed by atoms with van der Waals surface area (Å²) in [7, 11) is 0. The molecule has 0 spiro atoms. The molecular formula is C16H15NO2. The highest BCUT2D eigenvalue weighted by molar-refractivity contribution is 6.14. The predicted molar refractivity (Wildman–Crippen MR) is 73.9 cm³/mol. The van der Waals surface area contributed by atoms with Gasteiger partial charge in [-0.2, -0.15) is 0 Å². The SMILES string of the molecule is Cc1ccccc1C(=O)C(C(N)=O)c1ccccc1. The number of aryl methyl sites for hydroxylation is 1. The van der Waals surface area contributed by atoms with Crippen LogP contribution in [0.1, 0.15) is 27.4 Å². The van der Waals surface area contributed by atoms with Crippen LogP contribution in [0.4, 0.5) is 0 Å². The van der Waals surface area contributed by atoms with Crippen LogP contribution in [-0.4, -0.2) is 11.7 Å². The fourth-order valence-electron chi connectivity index (χ4n) is 2.10. The fraction of sp³-hybridized carbons (Fsp3) is 0.125. The first kappa shape index (κ1) is 13.0. The molecule has 0 heterocycles. The number of benzene rings is 2. The third-order valence-corrected chi connectivity index (χ3v) is 3.09. The van der Waals surface area contributed by atoms with E-state index >= 15 is 0 Å². The van der Waals surface area contributed by atoms with Crippen LogP contribution in [-0.2, 0) is 4.79 Å². The lowest BCUT2D eigenvalue weighted by Crippen LogP contribution is -2.28. The molecule has 0 saturated heterocycles. The Kier molecular flexibility index (Phi) is 3.76. The van der Waals surface area contributed by atoms with E-state index in [1.54, 1.807) is 36.4 Å². The second-order valence-electron chi connectivity index (χ2n) is 4.43. The van der Waals surface area contributed by atoms with E-state index in [0.29, 0.717) is 11.1 Å². The number of amides is 1. The van der Waals surface area contributed by atoms with Gasteiger partial charge in [0.05, 0.1) is 0 Å². The molecule has 1 amide bonds. The standard InChI is InChI=1S/C16H15NO2/c1-11-7-5-6-10-13(11)15(18)14(16(17)19)12-8-3-2-4-9-12/h2-10,14H,1H3,(H2,17,19). The molecule has 0 aliphatic rings. The molecule has 19 heavy (non-hydrogen) atoms. The van der Waals surface area contributed by atoms with E-state index in [4.69, 9.17) is 5.73 Å². The molecule has 1 atom stereocenters. The van der Waals surface area contributed by atoms with Gasteiger partial charge in [0.15, 0.2) is 5.78 Å². The van der Waals surface area contributed by atoms with Crippen LogP contribution in [0.15, 0.2) is 54.6 Å². The predicted octanol–water partition coefficient (Wildman–Crippen LogP) is 2.45. The van der Waals surface area contributed by atoms with Gasteiger partial charge in [0, 0.05) is 5.56 Å². The van der Waals surface area contributed by atoms with Crippen molar-refractivity contribution in [1.29, 1.82) is 0 Å². The van der Waals surface area contributed by atoms with Gasteiger partial charge in [-0.25, -0.2) is 0 Å². The minimum atomic E-state index is -0.928. The Morgan fingerprint density at radius 2 is 1.53 bits per heavy atom. The van der Waals surface area contributed by atoms with Crippen LogP contribution in [0.3, 0.4) is 0 Å². The van der Waals surface area contributed by atoms with Crippen LogP contribution in [0.2, 0.25) is 0 Å². The lowest BCUT2D eigenvalue weighted by Gasteiger charge is -2.14. The molecule has 3 heteroatoms. The van der Waals surface area contributed by atoms with Crippen molar-refractivity contribution in [3.05, 3.63) is 71.3 Å². The number of ketones is 1. The van der Waals surface area contributed by atoms with Crippen LogP contribution < -0.4 is 5.73 Å². The zero-order valence-electron chi connectivity index (χ0n) is 10.7. The normalized spacial score (nSPS) is 11.8. The quantitative estimate of drug-likeness (QED) is 0.672. The number of carbonyl (C=O) groups excluding carboxylic acids is 2. The highest BCUT2D eigenvalue weighted by atomic mass is 16.2. The molecule has 0 aliphatic heterocycles. The maximum atomic E-state index is 12.5. The monoisotopic (exact) mass is 253 g/mol. The van der Waals surface area contributed by atoms with Gasteiger partial charge in [0.25, 0.3) is 0 Å². The summed E-state index contributed by atoms with van der Waals surface area (Å²) in [5.74, 6) is -1.81. The summed E-state index contributed by atoms with van der Waals surface area (Å²) in [4.78, 5) is 24.1. The van der Waals surface area contributed by atoms with Gasteiger partial charge in [-0.05, 0) is 18.1 Å². The lowest BCUT2D eigenvalue weighted by molar-refractivity contribution is -0.118. The summed E-state index contributed by atoms with van der Waals surface area (Å²) in [5, 5.41) is 0. The number of Topliss-reactive ketones (excluding diaryl/α,β-unsaturated/α-hetero) is 1. The summed E-state index contributed by atoms with van der Waals surface area (Å²) in [5.41, 5.74) is 7.40. The average molecular weight is 253 g/mol. The molecule has 0 bridgehead atoms. The Balaban J connectivity index is 2.44. The molecular weight excluding hydrogens is 238 g/mol. The zero-order valence-corrected chi connectivity index (χ0v) is 10.7. The van der Waals surface area contributed by atoms with Gasteiger partial charge in [-0.1, -0.05) is 54.6 Å². The second-order valence-corrected chi connectivity index (χ2v) is 4.43. The van der Waals surface area contributed by atoms with Crippen molar-refractivity contribution in [2.24, 2.45) is 5.73 Å². The summed E-state index contributed by atoms with van der Waals surface area (Å²) in [6.45, 7) is 1.84. The fourth-order valence-corrected chi connectivity index (χ4v) is 2.10. The van der Waals surface area contributed by atoms with Gasteiger partial charge < -0.3 is 5.73 Å². The molecule has 0 aromatic heterocycles. The van der Waals surface area contributed by atoms with Crippen molar-refractivity contribution in [1.82, 2.24) is 0 Å². The van der Waals surface area contributed by atoms with Crippen molar-refractivity contribution in [2.75, 3.05) is 0 Å². The molecule has 0 aliphatic carbocycles. The van der Waals surface area contributed by atoms with E-state index in [0.717, 1.165) is 5.56 Å². The van der Waals surface area contributed by atoms with Gasteiger partial charge in [-0.3, -0.25) is 9.59 Å². The van der Waals surface area contributed by atoms with Crippen molar-refractivity contribution >= 4 is 11.7 Å². The summed E-state index contributed by atoms with van der Waals surface area (Å²) >= 11 is 0. The van der Waals surface area contributed by atoms with E-state index in [-0.39, 0.29) is 5.78 Å². The van der Waals surface area contributed by atoms with E-state index in [9.17, 15) is 9.59 Å². The van der Waals surface area contributed by atoms with E-state index < -0.39 is 11.8 Å². The molecule has 0 fully saturated rings. The number of nitrogens with two attached hydrogens (primary N) is 1. The van der Waals surface area contributed by atoms with Gasteiger partial charge >= 0.3 is 0 Å². The first-order chi connectivity index (χ1) is 9.11. The first-order valence-corrected chi connectivity index (χ1v) is 6.05. The van der Waals surface area contributed by atoms with Gasteiger partial charge in [0.2, 0.25) is 5.91 Å². The summed E-state index contributed by atoms with van der Waals surface area (Å²) in [6, 6.07) is 16.1. The topological polar surface area (TPSA) is 60.2 Å². The van der Waals surface area contributed by atoms with Gasteiger partial charge in [0.1, 0.15) is 5.92 Å². The summed E-state index contributed by atoms with van der Waals surface area (Å²) < 4.78 is 0. The third kappa shape index (κ3) is 2.71. The average Bonchev–Trinajstić information content (AvgIpc) is 2.40. The van der Waals surface area contributed by atoms with Crippen molar-refractivity contribution in [3.63, 3.8) is 0 Å². The Morgan fingerprint density at radius 3 is 2.11 bits per heavy atom. The molecule has 0 saturated carbocycles. The minimum absolute atomic E-state index is 0.253. The minimum Gasteiger partial charge on any atom is -0.369 e. The van der Waals surface area contributed by atoms with Crippen molar-refractivity contribution < 1.29 is 9.59 Å². The number of hydrogen-bond donors (Lipinski definition) is 1. The smallest absolute Gasteiger partial charge is 0.232 e. The number of rotatable bonds is 4. The third-order valence-electron chi connectivity index (χ3n) is 3.09. The molecule has 2 aromatic carbocycles. The maximum absolute atomic E-state index is 12.5. The molecule has 2 rings (SSSR count). The van der Waals surface area contributed by atoms with E-state index in [2.05, 4.69) is 0 Å². The molecule has 2 N–H and O–H groups in total. The van der Waals surface area contributed by atoms with Crippen LogP contribution in [0.5, 0.6) is 0 Å². The van der Waals surface area contributed by atoms with Crippen LogP contribution >= 0.6 is 0 Å². The molecule has 1 unspecified atom stereocenters. The molecule has 96 valence electrons. The summed E-state index contributed by atoms with van der Waals surface area (Å²) in [6.07, 6.45) is 0. The van der Waals surface area contributed by atoms with Gasteiger partial charge in [-0.15, -0.1) is 0 Å². The molecule has 3 nitrogen and oxygen atoms in total. The van der Waals surface area contributed by atoms with Crippen molar-refractivity contribution in [2.45, 2.75) is 12.8 Å². The van der Waals surface area contributed by atoms with Crippen LogP contribution in [0, 0.1) is 6.92 Å². The van der Waals surface area contributed by atoms with Crippen molar-refractivity contribution in [3.8, 4) is 0 Å². The Bertz CT molecular complexity index is 605. The van der Waals surface area contributed by atoms with Crippen LogP contribution in [0.25, 0.3) is 0 Å². The highest BCUT2D eigenvalue weighted by Gasteiger charge is 2.27. The zero-order chi connectivity index (χ0) is 13.8. The van der Waals surface area contributed by atoms with E-state index in [1.807, 2.05) is 25.1 Å².